The van der Waals surface area contributed by atoms with Gasteiger partial charge in [0, 0.05) is 33.3 Å². The highest BCUT2D eigenvalue weighted by Crippen LogP contribution is 2.38. The Morgan fingerprint density at radius 3 is 2.61 bits per heavy atom. The van der Waals surface area contributed by atoms with E-state index < -0.39 is 29.0 Å². The first-order valence-corrected chi connectivity index (χ1v) is 11.9. The quantitative estimate of drug-likeness (QED) is 0.415. The molecule has 1 atom stereocenters. The minimum absolute atomic E-state index is 0.125. The Morgan fingerprint density at radius 1 is 1.16 bits per heavy atom. The van der Waals surface area contributed by atoms with Crippen LogP contribution in [0, 0.1) is 0 Å². The lowest BCUT2D eigenvalue weighted by atomic mass is 9.87. The summed E-state index contributed by atoms with van der Waals surface area (Å²) in [5, 5.41) is 16.6. The summed E-state index contributed by atoms with van der Waals surface area (Å²) in [5.41, 5.74) is 2.50. The Balaban J connectivity index is 1.65. The summed E-state index contributed by atoms with van der Waals surface area (Å²) >= 11 is 0. The van der Waals surface area contributed by atoms with Crippen molar-refractivity contribution in [2.75, 3.05) is 30.9 Å². The first-order chi connectivity index (χ1) is 18.3. The van der Waals surface area contributed by atoms with Gasteiger partial charge in [-0.05, 0) is 35.2 Å². The third kappa shape index (κ3) is 4.38. The number of hydrogen-bond donors (Lipinski definition) is 2. The van der Waals surface area contributed by atoms with Gasteiger partial charge in [-0.3, -0.25) is 19.0 Å². The van der Waals surface area contributed by atoms with Crippen molar-refractivity contribution in [1.29, 1.82) is 0 Å². The topological polar surface area (TPSA) is 134 Å². The molecule has 194 valence electrons. The van der Waals surface area contributed by atoms with Crippen molar-refractivity contribution < 1.29 is 19.2 Å². The van der Waals surface area contributed by atoms with Crippen molar-refractivity contribution in [2.45, 2.75) is 12.5 Å². The van der Waals surface area contributed by atoms with E-state index in [1.807, 2.05) is 53.4 Å². The molecule has 3 heterocycles. The van der Waals surface area contributed by atoms with Crippen molar-refractivity contribution in [3.63, 3.8) is 0 Å². The average molecular weight is 515 g/mol. The highest BCUT2D eigenvalue weighted by molar-refractivity contribution is 6.04. The van der Waals surface area contributed by atoms with Gasteiger partial charge in [-0.25, -0.2) is 4.98 Å². The van der Waals surface area contributed by atoms with Crippen LogP contribution in [0.15, 0.2) is 70.3 Å². The first-order valence-electron chi connectivity index (χ1n) is 11.9. The molecule has 0 radical (unpaired) electrons. The summed E-state index contributed by atoms with van der Waals surface area (Å²) in [6.45, 7) is 0.477. The molecule has 5 rings (SSSR count). The highest BCUT2D eigenvalue weighted by atomic mass is 16.5. The normalized spacial score (nSPS) is 14.6. The third-order valence-electron chi connectivity index (χ3n) is 6.55. The molecular weight excluding hydrogens is 488 g/mol. The second kappa shape index (κ2) is 9.85. The van der Waals surface area contributed by atoms with Crippen molar-refractivity contribution in [3.8, 4) is 5.75 Å². The number of rotatable bonds is 5. The molecule has 0 bridgehead atoms. The minimum Gasteiger partial charge on any atom is -0.501 e. The molecule has 2 aromatic carbocycles. The number of hydrogen-bond acceptors (Lipinski definition) is 8. The van der Waals surface area contributed by atoms with Crippen LogP contribution in [0.5, 0.6) is 5.75 Å². The maximum atomic E-state index is 13.1. The molecule has 11 nitrogen and oxygen atoms in total. The summed E-state index contributed by atoms with van der Waals surface area (Å²) < 4.78 is 5.96. The molecule has 2 amide bonds. The zero-order valence-electron chi connectivity index (χ0n) is 21.1. The molecule has 38 heavy (non-hydrogen) atoms. The fraction of sp³-hybridized carbons (Fsp3) is 0.222. The zero-order chi connectivity index (χ0) is 27.0. The zero-order valence-corrected chi connectivity index (χ0v) is 21.1. The summed E-state index contributed by atoms with van der Waals surface area (Å²) in [4.78, 5) is 46.7. The number of carbonyl (C=O) groups excluding carboxylic acids is 2. The smallest absolute Gasteiger partial charge is 0.297 e. The van der Waals surface area contributed by atoms with E-state index in [1.54, 1.807) is 14.1 Å². The second-order valence-electron chi connectivity index (χ2n) is 9.21. The van der Waals surface area contributed by atoms with Crippen LogP contribution >= 0.6 is 0 Å². The first kappa shape index (κ1) is 24.8. The number of benzene rings is 2. The Hall–Kier alpha value is -4.93. The van der Waals surface area contributed by atoms with Crippen molar-refractivity contribution in [1.82, 2.24) is 19.6 Å². The van der Waals surface area contributed by atoms with Gasteiger partial charge in [-0.2, -0.15) is 0 Å². The molecule has 1 aliphatic rings. The number of nitrogens with zero attached hydrogens (tertiary/aromatic N) is 5. The molecular formula is C27H26N6O5. The predicted molar refractivity (Wildman–Crippen MR) is 139 cm³/mol. The van der Waals surface area contributed by atoms with Crippen LogP contribution in [0.25, 0.3) is 0 Å². The standard InChI is InChI=1S/C27H26N6O5/c1-31(2)25(36)18-10-9-16-11-12-33(22(20(16)13-18)17-7-5-4-6-8-17)27-30-21(23(34)26(37)32(27)3)24(35)29-19-14-28-38-15-19/h4-10,13-15,22,34H,11-12H2,1-3H3,(H,29,35). The molecule has 0 aliphatic carbocycles. The van der Waals surface area contributed by atoms with Gasteiger partial charge in [0.05, 0.1) is 12.2 Å². The number of aromatic nitrogens is 3. The molecule has 1 aliphatic heterocycles. The van der Waals surface area contributed by atoms with Crippen LogP contribution < -0.4 is 15.8 Å². The van der Waals surface area contributed by atoms with E-state index in [-0.39, 0.29) is 17.5 Å². The van der Waals surface area contributed by atoms with E-state index in [9.17, 15) is 19.5 Å². The Labute approximate surface area is 217 Å². The average Bonchev–Trinajstić information content (AvgIpc) is 3.44. The summed E-state index contributed by atoms with van der Waals surface area (Å²) in [6.07, 6.45) is 3.13. The van der Waals surface area contributed by atoms with E-state index in [0.717, 1.165) is 16.7 Å². The SMILES string of the molecule is CN(C)C(=O)c1ccc2c(c1)C(c1ccccc1)N(c1nc(C(=O)Nc3cnoc3)c(O)c(=O)n1C)CC2. The van der Waals surface area contributed by atoms with E-state index in [0.29, 0.717) is 18.5 Å². The van der Waals surface area contributed by atoms with E-state index in [1.165, 1.54) is 29.0 Å². The van der Waals surface area contributed by atoms with Gasteiger partial charge < -0.3 is 24.7 Å². The van der Waals surface area contributed by atoms with Crippen LogP contribution in [-0.4, -0.2) is 57.2 Å². The van der Waals surface area contributed by atoms with Crippen molar-refractivity contribution >= 4 is 23.5 Å². The number of aromatic hydroxyl groups is 1. The molecule has 2 N–H and O–H groups in total. The van der Waals surface area contributed by atoms with Gasteiger partial charge in [0.1, 0.15) is 12.0 Å². The van der Waals surface area contributed by atoms with E-state index in [2.05, 4.69) is 15.5 Å². The summed E-state index contributed by atoms with van der Waals surface area (Å²) in [7, 11) is 4.89. The fourth-order valence-corrected chi connectivity index (χ4v) is 4.67. The third-order valence-corrected chi connectivity index (χ3v) is 6.55. The number of anilines is 2. The molecule has 0 spiro atoms. The van der Waals surface area contributed by atoms with Crippen LogP contribution in [0.3, 0.4) is 0 Å². The van der Waals surface area contributed by atoms with Gasteiger partial charge >= 0.3 is 0 Å². The number of amides is 2. The van der Waals surface area contributed by atoms with Crippen LogP contribution in [-0.2, 0) is 13.5 Å². The van der Waals surface area contributed by atoms with Crippen LogP contribution in [0.4, 0.5) is 11.6 Å². The van der Waals surface area contributed by atoms with Crippen LogP contribution in [0.2, 0.25) is 0 Å². The molecule has 0 saturated carbocycles. The maximum Gasteiger partial charge on any atom is 0.297 e. The molecule has 0 saturated heterocycles. The molecule has 2 aromatic heterocycles. The molecule has 4 aromatic rings. The van der Waals surface area contributed by atoms with E-state index in [4.69, 9.17) is 4.52 Å². The summed E-state index contributed by atoms with van der Waals surface area (Å²) in [5.74, 6) is -1.47. The fourth-order valence-electron chi connectivity index (χ4n) is 4.67. The number of fused-ring (bicyclic) bond motifs is 1. The van der Waals surface area contributed by atoms with Gasteiger partial charge in [0.25, 0.3) is 17.4 Å². The lowest BCUT2D eigenvalue weighted by Gasteiger charge is -2.39. The van der Waals surface area contributed by atoms with Crippen molar-refractivity contribution in [3.05, 3.63) is 99.3 Å². The number of carbonyl (C=O) groups is 2. The van der Waals surface area contributed by atoms with Gasteiger partial charge in [-0.15, -0.1) is 0 Å². The highest BCUT2D eigenvalue weighted by Gasteiger charge is 2.33. The predicted octanol–water partition coefficient (Wildman–Crippen LogP) is 2.58. The number of nitrogens with one attached hydrogen (secondary N) is 1. The van der Waals surface area contributed by atoms with Gasteiger partial charge in [0.15, 0.2) is 5.69 Å². The maximum absolute atomic E-state index is 13.1. The second-order valence-corrected chi connectivity index (χ2v) is 9.21. The van der Waals surface area contributed by atoms with Crippen molar-refractivity contribution in [2.24, 2.45) is 7.05 Å². The van der Waals surface area contributed by atoms with Crippen LogP contribution in [0.1, 0.15) is 43.6 Å². The Bertz CT molecular complexity index is 1560. The monoisotopic (exact) mass is 514 g/mol. The Kier molecular flexibility index (Phi) is 6.41. The van der Waals surface area contributed by atoms with E-state index >= 15 is 0 Å². The minimum atomic E-state index is -0.780. The lowest BCUT2D eigenvalue weighted by molar-refractivity contribution is 0.0827. The Morgan fingerprint density at radius 2 is 1.92 bits per heavy atom. The largest absolute Gasteiger partial charge is 0.501 e. The van der Waals surface area contributed by atoms with Gasteiger partial charge in [-0.1, -0.05) is 41.6 Å². The molecule has 1 unspecified atom stereocenters. The molecule has 0 fully saturated rings. The molecule has 11 heteroatoms. The summed E-state index contributed by atoms with van der Waals surface area (Å²) in [6, 6.07) is 14.9. The lowest BCUT2D eigenvalue weighted by Crippen LogP contribution is -2.41. The van der Waals surface area contributed by atoms with Gasteiger partial charge in [0.2, 0.25) is 11.7 Å².